The first-order valence-corrected chi connectivity index (χ1v) is 6.74. The van der Waals surface area contributed by atoms with Gasteiger partial charge in [-0.1, -0.05) is 6.08 Å². The molecule has 0 unspecified atom stereocenters. The van der Waals surface area contributed by atoms with Gasteiger partial charge in [-0.2, -0.15) is 0 Å². The van der Waals surface area contributed by atoms with Crippen molar-refractivity contribution in [3.05, 3.63) is 35.6 Å². The number of hydrogen-bond donors (Lipinski definition) is 2. The summed E-state index contributed by atoms with van der Waals surface area (Å²) in [6.07, 6.45) is 3.40. The number of nitrogens with two attached hydrogens (primary N) is 1. The van der Waals surface area contributed by atoms with Crippen LogP contribution in [0.2, 0.25) is 0 Å². The van der Waals surface area contributed by atoms with E-state index in [2.05, 4.69) is 17.0 Å². The van der Waals surface area contributed by atoms with Crippen molar-refractivity contribution in [1.82, 2.24) is 19.8 Å². The van der Waals surface area contributed by atoms with Crippen molar-refractivity contribution in [3.63, 3.8) is 0 Å². The molecule has 6 nitrogen and oxygen atoms in total. The zero-order valence-corrected chi connectivity index (χ0v) is 11.9. The molecule has 0 aromatic carbocycles. The minimum Gasteiger partial charge on any atom is -0.375 e. The molecule has 0 aliphatic rings. The minimum atomic E-state index is -0.307. The number of amides is 1. The number of nitrogens with zero attached hydrogens (tertiary/aromatic N) is 3. The smallest absolute Gasteiger partial charge is 0.288 e. The molecule has 2 aromatic rings. The van der Waals surface area contributed by atoms with E-state index in [-0.39, 0.29) is 11.0 Å². The fourth-order valence-electron chi connectivity index (χ4n) is 1.66. The third-order valence-corrected chi connectivity index (χ3v) is 3.44. The Labute approximate surface area is 119 Å². The molecular weight excluding hydrogens is 282 g/mol. The summed E-state index contributed by atoms with van der Waals surface area (Å²) in [6.45, 7) is 5.71. The highest BCUT2D eigenvalue weighted by molar-refractivity contribution is 7.80. The molecule has 0 bridgehead atoms. The molecule has 19 heavy (non-hydrogen) atoms. The van der Waals surface area contributed by atoms with Gasteiger partial charge in [0.05, 0.1) is 12.2 Å². The lowest BCUT2D eigenvalue weighted by Crippen LogP contribution is -2.49. The summed E-state index contributed by atoms with van der Waals surface area (Å²) < 4.78 is 1.74. The van der Waals surface area contributed by atoms with Gasteiger partial charge in [-0.15, -0.1) is 17.9 Å². The van der Waals surface area contributed by atoms with Crippen LogP contribution in [0.4, 0.5) is 0 Å². The van der Waals surface area contributed by atoms with Gasteiger partial charge >= 0.3 is 0 Å². The van der Waals surface area contributed by atoms with Gasteiger partial charge < -0.3 is 5.73 Å². The van der Waals surface area contributed by atoms with Crippen molar-refractivity contribution >= 4 is 39.5 Å². The van der Waals surface area contributed by atoms with Gasteiger partial charge in [-0.25, -0.2) is 4.98 Å². The third-order valence-electron chi connectivity index (χ3n) is 2.47. The number of hydrazine groups is 1. The molecular formula is C11H13N5OS2. The van der Waals surface area contributed by atoms with Crippen LogP contribution in [0.25, 0.3) is 4.96 Å². The maximum absolute atomic E-state index is 12.3. The SMILES string of the molecule is C=CCN(NC(=O)c1c(C)nc2sccn12)C(N)=S. The summed E-state index contributed by atoms with van der Waals surface area (Å²) in [5.41, 5.74) is 9.30. The Morgan fingerprint density at radius 3 is 3.16 bits per heavy atom. The lowest BCUT2D eigenvalue weighted by Gasteiger charge is -2.21. The molecule has 0 aliphatic carbocycles. The van der Waals surface area contributed by atoms with E-state index >= 15 is 0 Å². The van der Waals surface area contributed by atoms with Gasteiger partial charge in [-0.05, 0) is 19.1 Å². The third kappa shape index (κ3) is 2.59. The molecule has 0 aliphatic heterocycles. The van der Waals surface area contributed by atoms with Crippen LogP contribution in [0.3, 0.4) is 0 Å². The van der Waals surface area contributed by atoms with Crippen molar-refractivity contribution in [3.8, 4) is 0 Å². The second-order valence-corrected chi connectivity index (χ2v) is 5.07. The number of fused-ring (bicyclic) bond motifs is 1. The molecule has 0 spiro atoms. The molecule has 2 aromatic heterocycles. The Morgan fingerprint density at radius 1 is 1.79 bits per heavy atom. The standard InChI is InChI=1S/C11H13N5OS2/c1-3-4-16(10(12)18)14-9(17)8-7(2)13-11-15(8)5-6-19-11/h3,5-6H,1,4H2,2H3,(H2,12,18)(H,14,17). The molecule has 8 heteroatoms. The van der Waals surface area contributed by atoms with E-state index in [0.29, 0.717) is 17.9 Å². The van der Waals surface area contributed by atoms with E-state index in [0.717, 1.165) is 4.96 Å². The number of aryl methyl sites for hydroxylation is 1. The number of thiocarbonyl (C=S) groups is 1. The maximum Gasteiger partial charge on any atom is 0.288 e. The molecule has 0 atom stereocenters. The number of carbonyl (C=O) groups is 1. The topological polar surface area (TPSA) is 75.7 Å². The van der Waals surface area contributed by atoms with E-state index in [4.69, 9.17) is 18.0 Å². The average Bonchev–Trinajstić information content (AvgIpc) is 2.87. The molecule has 0 radical (unpaired) electrons. The van der Waals surface area contributed by atoms with Crippen molar-refractivity contribution in [1.29, 1.82) is 0 Å². The highest BCUT2D eigenvalue weighted by Gasteiger charge is 2.19. The molecule has 1 amide bonds. The van der Waals surface area contributed by atoms with E-state index < -0.39 is 0 Å². The van der Waals surface area contributed by atoms with Gasteiger partial charge in [0.15, 0.2) is 10.1 Å². The van der Waals surface area contributed by atoms with Gasteiger partial charge in [0.25, 0.3) is 5.91 Å². The summed E-state index contributed by atoms with van der Waals surface area (Å²) in [7, 11) is 0. The second kappa shape index (κ2) is 5.37. The van der Waals surface area contributed by atoms with E-state index in [1.165, 1.54) is 16.3 Å². The summed E-state index contributed by atoms with van der Waals surface area (Å²) >= 11 is 6.33. The largest absolute Gasteiger partial charge is 0.375 e. The Morgan fingerprint density at radius 2 is 2.53 bits per heavy atom. The molecule has 2 heterocycles. The first kappa shape index (κ1) is 13.5. The molecule has 2 rings (SSSR count). The highest BCUT2D eigenvalue weighted by atomic mass is 32.1. The lowest BCUT2D eigenvalue weighted by molar-refractivity contribution is 0.0872. The quantitative estimate of drug-likeness (QED) is 0.503. The predicted molar refractivity (Wildman–Crippen MR) is 79.0 cm³/mol. The Bertz CT molecular complexity index is 645. The van der Waals surface area contributed by atoms with Crippen molar-refractivity contribution in [2.75, 3.05) is 6.54 Å². The molecule has 3 N–H and O–H groups in total. The van der Waals surface area contributed by atoms with Gasteiger partial charge in [0.1, 0.15) is 5.69 Å². The predicted octanol–water partition coefficient (Wildman–Crippen LogP) is 1.08. The Hall–Kier alpha value is -1.93. The highest BCUT2D eigenvalue weighted by Crippen LogP contribution is 2.16. The summed E-state index contributed by atoms with van der Waals surface area (Å²) in [5, 5.41) is 3.31. The van der Waals surface area contributed by atoms with E-state index in [1.54, 1.807) is 23.6 Å². The van der Waals surface area contributed by atoms with Crippen LogP contribution < -0.4 is 11.2 Å². The number of hydrogen-bond acceptors (Lipinski definition) is 4. The van der Waals surface area contributed by atoms with Crippen molar-refractivity contribution in [2.45, 2.75) is 6.92 Å². The van der Waals surface area contributed by atoms with Crippen LogP contribution in [0.5, 0.6) is 0 Å². The average molecular weight is 295 g/mol. The van der Waals surface area contributed by atoms with Crippen LogP contribution in [0.1, 0.15) is 16.2 Å². The van der Waals surface area contributed by atoms with Gasteiger partial charge in [0.2, 0.25) is 0 Å². The number of nitrogens with one attached hydrogen (secondary N) is 1. The van der Waals surface area contributed by atoms with Gasteiger partial charge in [-0.3, -0.25) is 19.6 Å². The zero-order chi connectivity index (χ0) is 14.0. The monoisotopic (exact) mass is 295 g/mol. The van der Waals surface area contributed by atoms with Crippen molar-refractivity contribution in [2.24, 2.45) is 5.73 Å². The second-order valence-electron chi connectivity index (χ2n) is 3.78. The van der Waals surface area contributed by atoms with Crippen LogP contribution in [-0.4, -0.2) is 32.0 Å². The number of rotatable bonds is 3. The Kier molecular flexibility index (Phi) is 3.82. The lowest BCUT2D eigenvalue weighted by atomic mass is 10.3. The van der Waals surface area contributed by atoms with E-state index in [1.807, 2.05) is 5.38 Å². The maximum atomic E-state index is 12.3. The van der Waals surface area contributed by atoms with Gasteiger partial charge in [0, 0.05) is 11.6 Å². The number of aromatic nitrogens is 2. The molecule has 0 saturated carbocycles. The summed E-state index contributed by atoms with van der Waals surface area (Å²) in [4.78, 5) is 17.4. The van der Waals surface area contributed by atoms with Crippen molar-refractivity contribution < 1.29 is 4.79 Å². The summed E-state index contributed by atoms with van der Waals surface area (Å²) in [5.74, 6) is -0.307. The fraction of sp³-hybridized carbons (Fsp3) is 0.182. The van der Waals surface area contributed by atoms with Crippen LogP contribution in [0.15, 0.2) is 24.2 Å². The number of carbonyl (C=O) groups excluding carboxylic acids is 1. The minimum absolute atomic E-state index is 0.0805. The van der Waals surface area contributed by atoms with Crippen LogP contribution in [0, 0.1) is 6.92 Å². The van der Waals surface area contributed by atoms with E-state index in [9.17, 15) is 4.79 Å². The normalized spacial score (nSPS) is 10.4. The molecule has 0 saturated heterocycles. The number of imidazole rings is 1. The Balaban J connectivity index is 2.28. The number of thiazole rings is 1. The van der Waals surface area contributed by atoms with Crippen LogP contribution >= 0.6 is 23.6 Å². The summed E-state index contributed by atoms with van der Waals surface area (Å²) in [6, 6.07) is 0. The molecule has 100 valence electrons. The molecule has 0 fully saturated rings. The first-order valence-electron chi connectivity index (χ1n) is 5.45. The zero-order valence-electron chi connectivity index (χ0n) is 10.3. The fourth-order valence-corrected chi connectivity index (χ4v) is 2.54. The van der Waals surface area contributed by atoms with Crippen LogP contribution in [-0.2, 0) is 0 Å². The first-order chi connectivity index (χ1) is 9.04.